The van der Waals surface area contributed by atoms with Crippen molar-refractivity contribution < 1.29 is 9.53 Å². The number of carbonyl (C=O) groups excluding carboxylic acids is 1. The van der Waals surface area contributed by atoms with Gasteiger partial charge in [-0.2, -0.15) is 0 Å². The number of aromatic nitrogens is 2. The van der Waals surface area contributed by atoms with Crippen molar-refractivity contribution >= 4 is 22.9 Å². The molecule has 0 bridgehead atoms. The number of thiazole rings is 1. The zero-order chi connectivity index (χ0) is 19.5. The molecule has 28 heavy (non-hydrogen) atoms. The fourth-order valence-corrected chi connectivity index (χ4v) is 4.11. The van der Waals surface area contributed by atoms with E-state index in [9.17, 15) is 4.79 Å². The summed E-state index contributed by atoms with van der Waals surface area (Å²) in [5, 5.41) is 2.91. The number of rotatable bonds is 6. The molecule has 0 radical (unpaired) electrons. The molecule has 144 valence electrons. The smallest absolute Gasteiger partial charge is 0.268 e. The molecule has 5 nitrogen and oxygen atoms in total. The monoisotopic (exact) mass is 393 g/mol. The molecule has 3 aromatic rings. The van der Waals surface area contributed by atoms with Crippen LogP contribution in [0.2, 0.25) is 0 Å². The van der Waals surface area contributed by atoms with Crippen molar-refractivity contribution in [3.05, 3.63) is 48.0 Å². The van der Waals surface area contributed by atoms with Gasteiger partial charge in [0.15, 0.2) is 6.10 Å². The minimum absolute atomic E-state index is 0.0491. The van der Waals surface area contributed by atoms with E-state index in [2.05, 4.69) is 11.9 Å². The number of fused-ring (bicyclic) bond motifs is 1. The van der Waals surface area contributed by atoms with Gasteiger partial charge in [0.1, 0.15) is 10.8 Å². The SMILES string of the molecule is CCCCN1C(=O)C(CC)Oc2ccc(-c3csc(-c4ccccn4)n3)cc21. The molecule has 0 spiro atoms. The van der Waals surface area contributed by atoms with Crippen molar-refractivity contribution in [2.75, 3.05) is 11.4 Å². The summed E-state index contributed by atoms with van der Waals surface area (Å²) in [4.78, 5) is 23.8. The summed E-state index contributed by atoms with van der Waals surface area (Å²) >= 11 is 1.57. The normalized spacial score (nSPS) is 16.0. The van der Waals surface area contributed by atoms with Crippen LogP contribution in [0.1, 0.15) is 33.1 Å². The van der Waals surface area contributed by atoms with Crippen LogP contribution in [0.25, 0.3) is 22.0 Å². The highest BCUT2D eigenvalue weighted by Gasteiger charge is 2.33. The number of carbonyl (C=O) groups is 1. The van der Waals surface area contributed by atoms with E-state index in [0.717, 1.165) is 46.2 Å². The van der Waals surface area contributed by atoms with Gasteiger partial charge in [0.2, 0.25) is 0 Å². The van der Waals surface area contributed by atoms with Gasteiger partial charge in [-0.15, -0.1) is 11.3 Å². The average Bonchev–Trinajstić information content (AvgIpc) is 3.23. The highest BCUT2D eigenvalue weighted by Crippen LogP contribution is 2.39. The first-order chi connectivity index (χ1) is 13.7. The van der Waals surface area contributed by atoms with E-state index in [1.54, 1.807) is 17.5 Å². The standard InChI is InChI=1S/C22H23N3O2S/c1-3-5-12-25-18-13-15(9-10-20(18)27-19(4-2)22(25)26)17-14-28-21(24-17)16-8-6-7-11-23-16/h6-11,13-14,19H,3-5,12H2,1-2H3. The Labute approximate surface area is 169 Å². The van der Waals surface area contributed by atoms with Gasteiger partial charge < -0.3 is 9.64 Å². The molecule has 1 aromatic carbocycles. The van der Waals surface area contributed by atoms with Gasteiger partial charge in [0, 0.05) is 23.7 Å². The van der Waals surface area contributed by atoms with Crippen LogP contribution in [0.4, 0.5) is 5.69 Å². The first kappa shape index (κ1) is 18.6. The zero-order valence-corrected chi connectivity index (χ0v) is 16.9. The molecule has 1 amide bonds. The molecule has 3 heterocycles. The minimum atomic E-state index is -0.398. The van der Waals surface area contributed by atoms with Crippen LogP contribution >= 0.6 is 11.3 Å². The molecular formula is C22H23N3O2S. The Morgan fingerprint density at radius 2 is 2.07 bits per heavy atom. The number of hydrogen-bond donors (Lipinski definition) is 0. The summed E-state index contributed by atoms with van der Waals surface area (Å²) in [5.41, 5.74) is 3.57. The predicted octanol–water partition coefficient (Wildman–Crippen LogP) is 5.18. The van der Waals surface area contributed by atoms with E-state index in [1.165, 1.54) is 0 Å². The van der Waals surface area contributed by atoms with Crippen molar-refractivity contribution in [2.45, 2.75) is 39.2 Å². The highest BCUT2D eigenvalue weighted by molar-refractivity contribution is 7.13. The summed E-state index contributed by atoms with van der Waals surface area (Å²) < 4.78 is 5.95. The van der Waals surface area contributed by atoms with Crippen LogP contribution in [0.3, 0.4) is 0 Å². The van der Waals surface area contributed by atoms with Crippen molar-refractivity contribution in [3.63, 3.8) is 0 Å². The lowest BCUT2D eigenvalue weighted by molar-refractivity contribution is -0.126. The van der Waals surface area contributed by atoms with Gasteiger partial charge in [-0.05, 0) is 43.2 Å². The Morgan fingerprint density at radius 3 is 2.82 bits per heavy atom. The van der Waals surface area contributed by atoms with Crippen LogP contribution in [-0.2, 0) is 4.79 Å². The van der Waals surface area contributed by atoms with Crippen LogP contribution < -0.4 is 9.64 Å². The molecule has 1 atom stereocenters. The molecule has 6 heteroatoms. The summed E-state index contributed by atoms with van der Waals surface area (Å²) in [6.45, 7) is 4.82. The van der Waals surface area contributed by atoms with E-state index in [4.69, 9.17) is 9.72 Å². The Kier molecular flexibility index (Phi) is 5.39. The van der Waals surface area contributed by atoms with E-state index >= 15 is 0 Å². The zero-order valence-electron chi connectivity index (χ0n) is 16.1. The number of hydrogen-bond acceptors (Lipinski definition) is 5. The third kappa shape index (κ3) is 3.52. The van der Waals surface area contributed by atoms with Gasteiger partial charge in [0.05, 0.1) is 17.1 Å². The van der Waals surface area contributed by atoms with Crippen LogP contribution in [-0.4, -0.2) is 28.5 Å². The van der Waals surface area contributed by atoms with Crippen LogP contribution in [0.15, 0.2) is 48.0 Å². The molecule has 0 aliphatic carbocycles. The third-order valence-corrected chi connectivity index (χ3v) is 5.72. The fourth-order valence-electron chi connectivity index (χ4n) is 3.30. The van der Waals surface area contributed by atoms with Crippen LogP contribution in [0, 0.1) is 0 Å². The van der Waals surface area contributed by atoms with E-state index in [1.807, 2.05) is 53.6 Å². The maximum absolute atomic E-state index is 12.8. The van der Waals surface area contributed by atoms with Gasteiger partial charge in [-0.3, -0.25) is 9.78 Å². The summed E-state index contributed by atoms with van der Waals surface area (Å²) in [6.07, 6.45) is 4.05. The third-order valence-electron chi connectivity index (χ3n) is 4.85. The molecule has 0 fully saturated rings. The van der Waals surface area contributed by atoms with E-state index in [-0.39, 0.29) is 5.91 Å². The Bertz CT molecular complexity index is 971. The molecule has 0 saturated heterocycles. The Balaban J connectivity index is 1.69. The second-order valence-electron chi connectivity index (χ2n) is 6.79. The minimum Gasteiger partial charge on any atom is -0.478 e. The molecule has 1 aliphatic rings. The number of amides is 1. The van der Waals surface area contributed by atoms with E-state index < -0.39 is 6.10 Å². The molecule has 2 aromatic heterocycles. The number of ether oxygens (including phenoxy) is 1. The van der Waals surface area contributed by atoms with E-state index in [0.29, 0.717) is 13.0 Å². The van der Waals surface area contributed by atoms with Crippen LogP contribution in [0.5, 0.6) is 5.75 Å². The van der Waals surface area contributed by atoms with Gasteiger partial charge in [-0.1, -0.05) is 26.3 Å². The fraction of sp³-hybridized carbons (Fsp3) is 0.318. The van der Waals surface area contributed by atoms with Gasteiger partial charge in [0.25, 0.3) is 5.91 Å². The van der Waals surface area contributed by atoms with Crippen molar-refractivity contribution in [1.29, 1.82) is 0 Å². The molecular weight excluding hydrogens is 370 g/mol. The van der Waals surface area contributed by atoms with Crippen molar-refractivity contribution in [1.82, 2.24) is 9.97 Å². The molecule has 1 aliphatic heterocycles. The first-order valence-corrected chi connectivity index (χ1v) is 10.6. The van der Waals surface area contributed by atoms with Crippen molar-refractivity contribution in [2.24, 2.45) is 0 Å². The lowest BCUT2D eigenvalue weighted by Gasteiger charge is -2.34. The Morgan fingerprint density at radius 1 is 1.18 bits per heavy atom. The highest BCUT2D eigenvalue weighted by atomic mass is 32.1. The summed E-state index contributed by atoms with van der Waals surface area (Å²) in [6, 6.07) is 11.8. The molecule has 1 unspecified atom stereocenters. The second-order valence-corrected chi connectivity index (χ2v) is 7.65. The topological polar surface area (TPSA) is 55.3 Å². The number of pyridine rings is 1. The number of benzene rings is 1. The Hall–Kier alpha value is -2.73. The lowest BCUT2D eigenvalue weighted by Crippen LogP contribution is -2.46. The average molecular weight is 394 g/mol. The number of nitrogens with zero attached hydrogens (tertiary/aromatic N) is 3. The summed E-state index contributed by atoms with van der Waals surface area (Å²) in [5.74, 6) is 0.819. The maximum Gasteiger partial charge on any atom is 0.268 e. The largest absolute Gasteiger partial charge is 0.478 e. The second kappa shape index (κ2) is 8.10. The van der Waals surface area contributed by atoms with Crippen molar-refractivity contribution in [3.8, 4) is 27.7 Å². The van der Waals surface area contributed by atoms with Gasteiger partial charge in [-0.25, -0.2) is 4.98 Å². The predicted molar refractivity (Wildman–Crippen MR) is 113 cm³/mol. The lowest BCUT2D eigenvalue weighted by atomic mass is 10.1. The quantitative estimate of drug-likeness (QED) is 0.579. The summed E-state index contributed by atoms with van der Waals surface area (Å²) in [7, 11) is 0. The first-order valence-electron chi connectivity index (χ1n) is 9.70. The molecule has 0 saturated carbocycles. The number of anilines is 1. The molecule has 0 N–H and O–H groups in total. The number of unbranched alkanes of at least 4 members (excludes halogenated alkanes) is 1. The van der Waals surface area contributed by atoms with Gasteiger partial charge >= 0.3 is 0 Å². The maximum atomic E-state index is 12.8. The molecule has 4 rings (SSSR count).